The molecular formula is C26H30F3N7O2S. The first-order valence-electron chi connectivity index (χ1n) is 12.1. The molecule has 0 spiro atoms. The third-order valence-electron chi connectivity index (χ3n) is 6.11. The van der Waals surface area contributed by atoms with Crippen LogP contribution in [-0.4, -0.2) is 44.6 Å². The van der Waals surface area contributed by atoms with Crippen molar-refractivity contribution in [2.45, 2.75) is 52.8 Å². The fraction of sp³-hybridized carbons (Fsp3) is 0.385. The van der Waals surface area contributed by atoms with E-state index in [4.69, 9.17) is 4.18 Å². The molecule has 13 heteroatoms. The van der Waals surface area contributed by atoms with Crippen molar-refractivity contribution >= 4 is 34.1 Å². The van der Waals surface area contributed by atoms with E-state index in [0.29, 0.717) is 23.0 Å². The Labute approximate surface area is 227 Å². The van der Waals surface area contributed by atoms with Gasteiger partial charge in [-0.2, -0.15) is 31.9 Å². The van der Waals surface area contributed by atoms with Gasteiger partial charge in [0.05, 0.1) is 23.5 Å². The minimum Gasteiger partial charge on any atom is -0.389 e. The van der Waals surface area contributed by atoms with Gasteiger partial charge in [-0.15, -0.1) is 10.2 Å². The highest BCUT2D eigenvalue weighted by molar-refractivity contribution is 7.78. The maximum Gasteiger partial charge on any atom is 0.418 e. The van der Waals surface area contributed by atoms with Gasteiger partial charge in [0, 0.05) is 19.8 Å². The monoisotopic (exact) mass is 561 g/mol. The fourth-order valence-electron chi connectivity index (χ4n) is 3.80. The van der Waals surface area contributed by atoms with Crippen LogP contribution in [0.2, 0.25) is 0 Å². The van der Waals surface area contributed by atoms with E-state index in [2.05, 4.69) is 45.8 Å². The Morgan fingerprint density at radius 2 is 1.79 bits per heavy atom. The highest BCUT2D eigenvalue weighted by Gasteiger charge is 2.35. The maximum absolute atomic E-state index is 13.8. The van der Waals surface area contributed by atoms with Gasteiger partial charge in [0.2, 0.25) is 5.82 Å². The summed E-state index contributed by atoms with van der Waals surface area (Å²) in [6, 6.07) is 9.71. The molecule has 0 saturated carbocycles. The Bertz CT molecular complexity index is 1490. The van der Waals surface area contributed by atoms with Crippen molar-refractivity contribution in [1.29, 1.82) is 0 Å². The van der Waals surface area contributed by atoms with Gasteiger partial charge in [0.25, 0.3) is 11.3 Å². The van der Waals surface area contributed by atoms with E-state index in [1.165, 1.54) is 10.7 Å². The number of fused-ring (bicyclic) bond motifs is 1. The summed E-state index contributed by atoms with van der Waals surface area (Å²) in [4.78, 5) is 5.85. The number of nitrogens with one attached hydrogen (secondary N) is 1. The lowest BCUT2D eigenvalue weighted by Gasteiger charge is -2.20. The molecule has 0 aliphatic carbocycles. The molecule has 3 aromatic rings. The molecule has 0 bridgehead atoms. The number of aromatic nitrogens is 3. The summed E-state index contributed by atoms with van der Waals surface area (Å²) in [5.74, 6) is 0.976. The van der Waals surface area contributed by atoms with Crippen LogP contribution in [0.25, 0.3) is 0 Å². The van der Waals surface area contributed by atoms with Crippen LogP contribution in [0, 0.1) is 6.92 Å². The number of alkyl halides is 3. The number of rotatable bonds is 7. The Morgan fingerprint density at radius 3 is 2.44 bits per heavy atom. The smallest absolute Gasteiger partial charge is 0.389 e. The summed E-state index contributed by atoms with van der Waals surface area (Å²) in [5.41, 5.74) is 1.59. The van der Waals surface area contributed by atoms with E-state index in [0.717, 1.165) is 17.2 Å². The van der Waals surface area contributed by atoms with Crippen molar-refractivity contribution in [2.75, 3.05) is 19.0 Å². The third-order valence-corrected chi connectivity index (χ3v) is 6.82. The molecule has 1 aliphatic heterocycles. The van der Waals surface area contributed by atoms with Crippen LogP contribution in [0.1, 0.15) is 56.0 Å². The molecule has 0 radical (unpaired) electrons. The SMILES string of the molecule is CC1=Nn2c(CNS(=O)Oc3cc(C(C)(C)C)ccc3C)nnc2C1=Nc1ccc(N(C)C)cc1C(F)(F)F. The van der Waals surface area contributed by atoms with Crippen LogP contribution in [0.3, 0.4) is 0 Å². The van der Waals surface area contributed by atoms with Gasteiger partial charge in [0.15, 0.2) is 5.82 Å². The number of halogens is 3. The van der Waals surface area contributed by atoms with Gasteiger partial charge in [-0.3, -0.25) is 0 Å². The quantitative estimate of drug-likeness (QED) is 0.434. The molecule has 2 heterocycles. The molecule has 0 amide bonds. The molecule has 39 heavy (non-hydrogen) atoms. The first-order valence-corrected chi connectivity index (χ1v) is 13.1. The van der Waals surface area contributed by atoms with Crippen LogP contribution in [0.5, 0.6) is 5.75 Å². The number of aliphatic imine (C=N–C) groups is 1. The molecule has 1 aliphatic rings. The standard InChI is InChI=1S/C26H30F3N7O2S/c1-15-8-9-17(25(3,4)5)12-21(15)38-39(37)30-14-22-32-33-24-23(16(2)34-36(22)24)31-20-11-10-18(35(6)7)13-19(20)26(27,28)29/h8-13,30H,14H2,1-7H3. The molecule has 4 rings (SSSR count). The van der Waals surface area contributed by atoms with E-state index >= 15 is 0 Å². The van der Waals surface area contributed by atoms with Crippen LogP contribution >= 0.6 is 0 Å². The highest BCUT2D eigenvalue weighted by Crippen LogP contribution is 2.39. The summed E-state index contributed by atoms with van der Waals surface area (Å²) in [7, 11) is 3.32. The van der Waals surface area contributed by atoms with Crippen molar-refractivity contribution in [3.05, 3.63) is 64.7 Å². The van der Waals surface area contributed by atoms with Gasteiger partial charge >= 0.3 is 6.18 Å². The number of hydrogen-bond acceptors (Lipinski definition) is 7. The van der Waals surface area contributed by atoms with E-state index in [1.54, 1.807) is 32.0 Å². The number of benzene rings is 2. The molecule has 1 unspecified atom stereocenters. The number of aryl methyl sites for hydroxylation is 1. The van der Waals surface area contributed by atoms with Crippen molar-refractivity contribution < 1.29 is 21.6 Å². The Kier molecular flexibility index (Phi) is 7.68. The second-order valence-corrected chi connectivity index (χ2v) is 11.3. The molecule has 0 fully saturated rings. The minimum absolute atomic E-state index is 0.0208. The van der Waals surface area contributed by atoms with E-state index in [9.17, 15) is 17.4 Å². The molecule has 0 saturated heterocycles. The lowest BCUT2D eigenvalue weighted by atomic mass is 9.86. The molecule has 1 aromatic heterocycles. The summed E-state index contributed by atoms with van der Waals surface area (Å²) in [6.07, 6.45) is -4.60. The topological polar surface area (TPSA) is 97.0 Å². The second-order valence-electron chi connectivity index (χ2n) is 10.4. The summed E-state index contributed by atoms with van der Waals surface area (Å²) < 4.78 is 63.8. The predicted octanol–water partition coefficient (Wildman–Crippen LogP) is 5.07. The molecule has 208 valence electrons. The normalized spacial score (nSPS) is 15.3. The fourth-order valence-corrected chi connectivity index (χ4v) is 4.45. The summed E-state index contributed by atoms with van der Waals surface area (Å²) in [6.45, 7) is 9.69. The first-order chi connectivity index (χ1) is 18.1. The zero-order valence-electron chi connectivity index (χ0n) is 22.7. The lowest BCUT2D eigenvalue weighted by Crippen LogP contribution is -2.23. The maximum atomic E-state index is 13.8. The van der Waals surface area contributed by atoms with Gasteiger partial charge in [-0.1, -0.05) is 32.9 Å². The molecular weight excluding hydrogens is 531 g/mol. The number of hydrogen-bond donors (Lipinski definition) is 1. The van der Waals surface area contributed by atoms with Gasteiger partial charge < -0.3 is 9.08 Å². The third kappa shape index (κ3) is 6.19. The largest absolute Gasteiger partial charge is 0.418 e. The Morgan fingerprint density at radius 1 is 1.08 bits per heavy atom. The predicted molar refractivity (Wildman–Crippen MR) is 146 cm³/mol. The molecule has 2 aromatic carbocycles. The summed E-state index contributed by atoms with van der Waals surface area (Å²) in [5, 5.41) is 12.5. The van der Waals surface area contributed by atoms with Gasteiger partial charge in [0.1, 0.15) is 11.5 Å². The van der Waals surface area contributed by atoms with Crippen LogP contribution in [0.15, 0.2) is 46.5 Å². The first kappa shape index (κ1) is 28.4. The van der Waals surface area contributed by atoms with E-state index in [-0.39, 0.29) is 29.2 Å². The van der Waals surface area contributed by atoms with Gasteiger partial charge in [-0.05, 0) is 54.7 Å². The molecule has 9 nitrogen and oxygen atoms in total. The average molecular weight is 562 g/mol. The van der Waals surface area contributed by atoms with E-state index < -0.39 is 23.0 Å². The second kappa shape index (κ2) is 10.5. The number of anilines is 1. The van der Waals surface area contributed by atoms with E-state index in [1.807, 2.05) is 25.1 Å². The van der Waals surface area contributed by atoms with Gasteiger partial charge in [-0.25, -0.2) is 4.99 Å². The highest BCUT2D eigenvalue weighted by atomic mass is 32.2. The van der Waals surface area contributed by atoms with Crippen LogP contribution in [-0.2, 0) is 29.4 Å². The van der Waals surface area contributed by atoms with Crippen molar-refractivity contribution in [3.63, 3.8) is 0 Å². The van der Waals surface area contributed by atoms with Crippen molar-refractivity contribution in [1.82, 2.24) is 19.6 Å². The van der Waals surface area contributed by atoms with Crippen molar-refractivity contribution in [3.8, 4) is 5.75 Å². The molecule has 1 N–H and O–H groups in total. The zero-order valence-corrected chi connectivity index (χ0v) is 23.5. The minimum atomic E-state index is -4.60. The average Bonchev–Trinajstić information content (AvgIpc) is 3.36. The van der Waals surface area contributed by atoms with Crippen molar-refractivity contribution in [2.24, 2.45) is 10.1 Å². The lowest BCUT2D eigenvalue weighted by molar-refractivity contribution is -0.137. The zero-order chi connectivity index (χ0) is 28.7. The Balaban J connectivity index is 1.54. The number of nitrogens with zero attached hydrogens (tertiary/aromatic N) is 6. The Hall–Kier alpha value is -3.58. The molecule has 1 atom stereocenters. The van der Waals surface area contributed by atoms with Crippen LogP contribution < -0.4 is 13.8 Å². The van der Waals surface area contributed by atoms with Crippen LogP contribution in [0.4, 0.5) is 24.5 Å². The summed E-state index contributed by atoms with van der Waals surface area (Å²) >= 11 is -1.90.